The summed E-state index contributed by atoms with van der Waals surface area (Å²) >= 11 is 0. The predicted molar refractivity (Wildman–Crippen MR) is 102 cm³/mol. The van der Waals surface area contributed by atoms with Gasteiger partial charge >= 0.3 is 0 Å². The molecule has 1 unspecified atom stereocenters. The van der Waals surface area contributed by atoms with Crippen molar-refractivity contribution in [1.29, 1.82) is 0 Å². The molecule has 1 atom stereocenters. The molecule has 1 aliphatic heterocycles. The van der Waals surface area contributed by atoms with Gasteiger partial charge in [0.15, 0.2) is 0 Å². The van der Waals surface area contributed by atoms with E-state index in [4.69, 9.17) is 0 Å². The van der Waals surface area contributed by atoms with Crippen LogP contribution in [0, 0.1) is 5.92 Å². The maximum atomic E-state index is 13.0. The second-order valence-electron chi connectivity index (χ2n) is 7.75. The highest BCUT2D eigenvalue weighted by Gasteiger charge is 2.27. The van der Waals surface area contributed by atoms with Crippen LogP contribution in [0.4, 0.5) is 5.69 Å². The molecule has 1 aromatic carbocycles. The number of amides is 1. The Morgan fingerprint density at radius 1 is 1.24 bits per heavy atom. The third-order valence-corrected chi connectivity index (χ3v) is 5.47. The summed E-state index contributed by atoms with van der Waals surface area (Å²) in [4.78, 5) is 17.2. The van der Waals surface area contributed by atoms with E-state index in [9.17, 15) is 9.90 Å². The molecule has 1 N–H and O–H groups in total. The van der Waals surface area contributed by atoms with Gasteiger partial charge in [-0.25, -0.2) is 0 Å². The average molecular weight is 344 g/mol. The number of hydrogen-bond donors (Lipinski definition) is 1. The molecule has 1 heterocycles. The van der Waals surface area contributed by atoms with E-state index in [0.717, 1.165) is 68.6 Å². The first kappa shape index (κ1) is 18.2. The van der Waals surface area contributed by atoms with Gasteiger partial charge in [0, 0.05) is 43.5 Å². The lowest BCUT2D eigenvalue weighted by molar-refractivity contribution is 0.0747. The number of carbonyl (C=O) groups is 1. The van der Waals surface area contributed by atoms with E-state index in [2.05, 4.69) is 18.9 Å². The summed E-state index contributed by atoms with van der Waals surface area (Å²) in [5.74, 6) is 0.811. The fourth-order valence-electron chi connectivity index (χ4n) is 3.78. The van der Waals surface area contributed by atoms with Crippen LogP contribution in [0.15, 0.2) is 18.2 Å². The van der Waals surface area contributed by atoms with Gasteiger partial charge < -0.3 is 14.9 Å². The van der Waals surface area contributed by atoms with Crippen molar-refractivity contribution in [3.05, 3.63) is 29.3 Å². The molecule has 1 amide bonds. The Morgan fingerprint density at radius 3 is 2.76 bits per heavy atom. The summed E-state index contributed by atoms with van der Waals surface area (Å²) in [6.07, 6.45) is 7.11. The number of carbonyl (C=O) groups excluding carboxylic acids is 1. The first-order valence-corrected chi connectivity index (χ1v) is 9.92. The van der Waals surface area contributed by atoms with Gasteiger partial charge in [0.05, 0.1) is 6.10 Å². The third-order valence-electron chi connectivity index (χ3n) is 5.47. The van der Waals surface area contributed by atoms with E-state index < -0.39 is 6.10 Å². The molecular formula is C21H32N2O2. The van der Waals surface area contributed by atoms with Gasteiger partial charge in [-0.05, 0) is 56.2 Å². The van der Waals surface area contributed by atoms with Crippen molar-refractivity contribution in [3.63, 3.8) is 0 Å². The second-order valence-corrected chi connectivity index (χ2v) is 7.75. The van der Waals surface area contributed by atoms with Crippen LogP contribution >= 0.6 is 0 Å². The highest BCUT2D eigenvalue weighted by Crippen LogP contribution is 2.33. The molecule has 2 aliphatic rings. The molecule has 25 heavy (non-hydrogen) atoms. The molecule has 138 valence electrons. The average Bonchev–Trinajstić information content (AvgIpc) is 3.42. The Morgan fingerprint density at radius 2 is 2.04 bits per heavy atom. The van der Waals surface area contributed by atoms with E-state index in [-0.39, 0.29) is 5.91 Å². The molecule has 0 radical (unpaired) electrons. The molecule has 4 nitrogen and oxygen atoms in total. The molecule has 0 bridgehead atoms. The van der Waals surface area contributed by atoms with Gasteiger partial charge in [0.25, 0.3) is 5.91 Å². The molecule has 0 saturated heterocycles. The molecule has 1 aromatic rings. The summed E-state index contributed by atoms with van der Waals surface area (Å²) < 4.78 is 0. The van der Waals surface area contributed by atoms with Crippen molar-refractivity contribution in [2.45, 2.75) is 58.0 Å². The number of aliphatic hydroxyl groups excluding tert-OH is 1. The zero-order valence-corrected chi connectivity index (χ0v) is 15.7. The number of benzene rings is 1. The minimum absolute atomic E-state index is 0.117. The van der Waals surface area contributed by atoms with E-state index in [0.29, 0.717) is 5.92 Å². The van der Waals surface area contributed by atoms with Gasteiger partial charge in [-0.15, -0.1) is 0 Å². The largest absolute Gasteiger partial charge is 0.388 e. The van der Waals surface area contributed by atoms with Gasteiger partial charge in [-0.1, -0.05) is 19.8 Å². The number of fused-ring (bicyclic) bond motifs is 1. The van der Waals surface area contributed by atoms with Crippen LogP contribution in [0.5, 0.6) is 0 Å². The van der Waals surface area contributed by atoms with Gasteiger partial charge in [0.1, 0.15) is 0 Å². The minimum Gasteiger partial charge on any atom is -0.388 e. The zero-order valence-electron chi connectivity index (χ0n) is 15.7. The van der Waals surface area contributed by atoms with Crippen LogP contribution in [0.3, 0.4) is 0 Å². The standard InChI is InChI=1S/C21H32N2O2/c1-3-12-23(15-16-8-9-16)21(25)17-10-11-19-18(14-17)20(24)7-5-4-6-13-22(19)2/h10-11,14,16,20,24H,3-9,12-13,15H2,1-2H3. The fourth-order valence-corrected chi connectivity index (χ4v) is 3.78. The van der Waals surface area contributed by atoms with Crippen LogP contribution in [-0.4, -0.2) is 42.6 Å². The summed E-state index contributed by atoms with van der Waals surface area (Å²) in [6, 6.07) is 5.91. The van der Waals surface area contributed by atoms with Crippen molar-refractivity contribution in [2.24, 2.45) is 5.92 Å². The van der Waals surface area contributed by atoms with E-state index >= 15 is 0 Å². The quantitative estimate of drug-likeness (QED) is 0.878. The maximum absolute atomic E-state index is 13.0. The smallest absolute Gasteiger partial charge is 0.253 e. The lowest BCUT2D eigenvalue weighted by atomic mass is 9.99. The van der Waals surface area contributed by atoms with Crippen molar-refractivity contribution >= 4 is 11.6 Å². The van der Waals surface area contributed by atoms with Crippen molar-refractivity contribution in [1.82, 2.24) is 4.90 Å². The molecule has 1 fully saturated rings. The lowest BCUT2D eigenvalue weighted by Crippen LogP contribution is -2.33. The van der Waals surface area contributed by atoms with Gasteiger partial charge in [-0.3, -0.25) is 4.79 Å². The first-order chi connectivity index (χ1) is 12.1. The summed E-state index contributed by atoms with van der Waals surface area (Å²) in [5.41, 5.74) is 2.70. The molecule has 1 aliphatic carbocycles. The number of hydrogen-bond acceptors (Lipinski definition) is 3. The highest BCUT2D eigenvalue weighted by atomic mass is 16.3. The molecular weight excluding hydrogens is 312 g/mol. The highest BCUT2D eigenvalue weighted by molar-refractivity contribution is 5.95. The monoisotopic (exact) mass is 344 g/mol. The fraction of sp³-hybridized carbons (Fsp3) is 0.667. The number of anilines is 1. The van der Waals surface area contributed by atoms with E-state index in [1.807, 2.05) is 23.1 Å². The van der Waals surface area contributed by atoms with Crippen LogP contribution in [-0.2, 0) is 0 Å². The number of aliphatic hydroxyl groups is 1. The summed E-state index contributed by atoms with van der Waals surface area (Å²) in [6.45, 7) is 4.81. The zero-order chi connectivity index (χ0) is 17.8. The summed E-state index contributed by atoms with van der Waals surface area (Å²) in [5, 5.41) is 10.7. The first-order valence-electron chi connectivity index (χ1n) is 9.92. The molecule has 0 aromatic heterocycles. The van der Waals surface area contributed by atoms with Crippen LogP contribution in [0.1, 0.15) is 73.9 Å². The van der Waals surface area contributed by atoms with Crippen molar-refractivity contribution in [3.8, 4) is 0 Å². The minimum atomic E-state index is -0.480. The van der Waals surface area contributed by atoms with E-state index in [1.165, 1.54) is 12.8 Å². The molecule has 4 heteroatoms. The third kappa shape index (κ3) is 4.55. The Hall–Kier alpha value is -1.55. The number of nitrogens with zero attached hydrogens (tertiary/aromatic N) is 2. The van der Waals surface area contributed by atoms with Crippen LogP contribution in [0.2, 0.25) is 0 Å². The van der Waals surface area contributed by atoms with Gasteiger partial charge in [-0.2, -0.15) is 0 Å². The lowest BCUT2D eigenvalue weighted by Gasteiger charge is -2.26. The van der Waals surface area contributed by atoms with Crippen LogP contribution < -0.4 is 4.90 Å². The van der Waals surface area contributed by atoms with E-state index in [1.54, 1.807) is 0 Å². The van der Waals surface area contributed by atoms with Crippen molar-refractivity contribution in [2.75, 3.05) is 31.6 Å². The predicted octanol–water partition coefficient (Wildman–Crippen LogP) is 3.99. The Bertz CT molecular complexity index is 598. The Kier molecular flexibility index (Phi) is 6.00. The van der Waals surface area contributed by atoms with Crippen molar-refractivity contribution < 1.29 is 9.90 Å². The topological polar surface area (TPSA) is 43.8 Å². The maximum Gasteiger partial charge on any atom is 0.253 e. The Labute approximate surface area is 151 Å². The normalized spacial score (nSPS) is 21.1. The van der Waals surface area contributed by atoms with Crippen LogP contribution in [0.25, 0.3) is 0 Å². The molecule has 1 saturated carbocycles. The Balaban J connectivity index is 1.86. The second kappa shape index (κ2) is 8.22. The SMILES string of the molecule is CCCN(CC1CC1)C(=O)c1ccc2c(c1)C(O)CCCCCN2C. The van der Waals surface area contributed by atoms with Gasteiger partial charge in [0.2, 0.25) is 0 Å². The molecule has 0 spiro atoms. The summed E-state index contributed by atoms with van der Waals surface area (Å²) in [7, 11) is 2.08. The molecule has 3 rings (SSSR count). The number of rotatable bonds is 5.